The minimum atomic E-state index is -0.364. The summed E-state index contributed by atoms with van der Waals surface area (Å²) in [5.41, 5.74) is 0.369. The highest BCUT2D eigenvalue weighted by Crippen LogP contribution is 2.11. The van der Waals surface area contributed by atoms with Crippen molar-refractivity contribution in [3.8, 4) is 0 Å². The highest BCUT2D eigenvalue weighted by Gasteiger charge is 2.16. The molecule has 0 fully saturated rings. The van der Waals surface area contributed by atoms with E-state index in [1.807, 2.05) is 13.2 Å². The first-order valence-electron chi connectivity index (χ1n) is 5.95. The van der Waals surface area contributed by atoms with Gasteiger partial charge in [-0.25, -0.2) is 4.39 Å². The molecule has 0 aliphatic heterocycles. The Balaban J connectivity index is 2.58. The van der Waals surface area contributed by atoms with Crippen molar-refractivity contribution >= 4 is 23.7 Å². The summed E-state index contributed by atoms with van der Waals surface area (Å²) in [7, 11) is 0. The lowest BCUT2D eigenvalue weighted by Gasteiger charge is -2.20. The molecule has 0 heterocycles. The zero-order valence-corrected chi connectivity index (χ0v) is 11.8. The maximum Gasteiger partial charge on any atom is 0.244 e. The van der Waals surface area contributed by atoms with Gasteiger partial charge in [0.2, 0.25) is 5.91 Å². The van der Waals surface area contributed by atoms with Gasteiger partial charge in [-0.05, 0) is 25.3 Å². The van der Waals surface area contributed by atoms with E-state index in [1.54, 1.807) is 18.2 Å². The molecule has 0 radical (unpaired) electrons. The predicted molar refractivity (Wildman–Crippen MR) is 77.4 cm³/mol. The minimum Gasteiger partial charge on any atom is -0.395 e. The number of halogens is 1. The molecule has 2 atom stereocenters. The van der Waals surface area contributed by atoms with Crippen molar-refractivity contribution in [3.63, 3.8) is 0 Å². The molecule has 0 aromatic heterocycles. The Morgan fingerprint density at radius 1 is 1.53 bits per heavy atom. The third-order valence-electron chi connectivity index (χ3n) is 2.73. The zero-order valence-electron chi connectivity index (χ0n) is 11.0. The first-order chi connectivity index (χ1) is 9.08. The number of hydrogen-bond acceptors (Lipinski definition) is 3. The topological polar surface area (TPSA) is 49.3 Å². The van der Waals surface area contributed by atoms with Crippen molar-refractivity contribution in [1.29, 1.82) is 0 Å². The van der Waals surface area contributed by atoms with E-state index in [9.17, 15) is 9.18 Å². The molecule has 0 bridgehead atoms. The van der Waals surface area contributed by atoms with Crippen LogP contribution in [0.1, 0.15) is 12.5 Å². The van der Waals surface area contributed by atoms with Gasteiger partial charge in [0, 0.05) is 22.9 Å². The molecule has 2 unspecified atom stereocenters. The number of carbonyl (C=O) groups excluding carboxylic acids is 1. The Morgan fingerprint density at radius 3 is 2.79 bits per heavy atom. The first kappa shape index (κ1) is 15.7. The molecule has 104 valence electrons. The molecule has 1 amide bonds. The quantitative estimate of drug-likeness (QED) is 0.786. The van der Waals surface area contributed by atoms with Crippen molar-refractivity contribution in [3.05, 3.63) is 41.7 Å². The SMILES string of the molecule is CSC(CO)C(C)NC(=O)/C=C/c1ccccc1F. The molecule has 3 nitrogen and oxygen atoms in total. The molecule has 1 rings (SSSR count). The van der Waals surface area contributed by atoms with Crippen LogP contribution in [-0.4, -0.2) is 35.2 Å². The Hall–Kier alpha value is -1.33. The highest BCUT2D eigenvalue weighted by atomic mass is 32.2. The lowest BCUT2D eigenvalue weighted by Crippen LogP contribution is -2.40. The smallest absolute Gasteiger partial charge is 0.244 e. The second-order valence-electron chi connectivity index (χ2n) is 4.11. The summed E-state index contributed by atoms with van der Waals surface area (Å²) >= 11 is 1.49. The van der Waals surface area contributed by atoms with E-state index in [1.165, 1.54) is 30.0 Å². The van der Waals surface area contributed by atoms with Crippen molar-refractivity contribution < 1.29 is 14.3 Å². The Bertz CT molecular complexity index is 447. The van der Waals surface area contributed by atoms with Gasteiger partial charge in [0.15, 0.2) is 0 Å². The van der Waals surface area contributed by atoms with Crippen LogP contribution in [0, 0.1) is 5.82 Å². The monoisotopic (exact) mass is 283 g/mol. The number of carbonyl (C=O) groups is 1. The fraction of sp³-hybridized carbons (Fsp3) is 0.357. The number of hydrogen-bond donors (Lipinski definition) is 2. The third kappa shape index (κ3) is 5.04. The number of amides is 1. The average Bonchev–Trinajstić information content (AvgIpc) is 2.39. The van der Waals surface area contributed by atoms with Gasteiger partial charge in [-0.3, -0.25) is 4.79 Å². The molecule has 0 aliphatic rings. The summed E-state index contributed by atoms with van der Waals surface area (Å²) in [5.74, 6) is -0.666. The third-order valence-corrected chi connectivity index (χ3v) is 3.89. The molecule has 0 saturated carbocycles. The van der Waals surface area contributed by atoms with Gasteiger partial charge >= 0.3 is 0 Å². The van der Waals surface area contributed by atoms with Crippen LogP contribution in [0.5, 0.6) is 0 Å². The summed E-state index contributed by atoms with van der Waals surface area (Å²) in [6.45, 7) is 1.83. The van der Waals surface area contributed by atoms with E-state index in [2.05, 4.69) is 5.32 Å². The van der Waals surface area contributed by atoms with Gasteiger partial charge < -0.3 is 10.4 Å². The van der Waals surface area contributed by atoms with Crippen molar-refractivity contribution in [2.75, 3.05) is 12.9 Å². The molecule has 2 N–H and O–H groups in total. The van der Waals surface area contributed by atoms with Gasteiger partial charge in [-0.15, -0.1) is 0 Å². The molecule has 0 aliphatic carbocycles. The van der Waals surface area contributed by atoms with Crippen LogP contribution >= 0.6 is 11.8 Å². The first-order valence-corrected chi connectivity index (χ1v) is 7.24. The molecule has 0 saturated heterocycles. The number of nitrogens with one attached hydrogen (secondary N) is 1. The summed E-state index contributed by atoms with van der Waals surface area (Å²) in [6, 6.07) is 6.09. The highest BCUT2D eigenvalue weighted by molar-refractivity contribution is 7.99. The minimum absolute atomic E-state index is 0.000356. The number of aliphatic hydroxyl groups excluding tert-OH is 1. The van der Waals surface area contributed by atoms with E-state index in [-0.39, 0.29) is 29.6 Å². The van der Waals surface area contributed by atoms with Crippen LogP contribution in [0.15, 0.2) is 30.3 Å². The zero-order chi connectivity index (χ0) is 14.3. The van der Waals surface area contributed by atoms with Gasteiger partial charge in [0.05, 0.1) is 6.61 Å². The van der Waals surface area contributed by atoms with Gasteiger partial charge in [-0.2, -0.15) is 11.8 Å². The number of aliphatic hydroxyl groups is 1. The Morgan fingerprint density at radius 2 is 2.21 bits per heavy atom. The van der Waals surface area contributed by atoms with Crippen molar-refractivity contribution in [2.24, 2.45) is 0 Å². The molecule has 0 spiro atoms. The molecule has 5 heteroatoms. The van der Waals surface area contributed by atoms with E-state index in [0.29, 0.717) is 5.56 Å². The van der Waals surface area contributed by atoms with Crippen molar-refractivity contribution in [1.82, 2.24) is 5.32 Å². The molecular formula is C14H18FNO2S. The second-order valence-corrected chi connectivity index (χ2v) is 5.19. The van der Waals surface area contributed by atoms with E-state index in [0.717, 1.165) is 0 Å². The number of rotatable bonds is 6. The Kier molecular flexibility index (Phi) is 6.59. The van der Waals surface area contributed by atoms with Crippen LogP contribution in [0.2, 0.25) is 0 Å². The maximum absolute atomic E-state index is 13.3. The van der Waals surface area contributed by atoms with Gasteiger partial charge in [0.1, 0.15) is 5.82 Å². The van der Waals surface area contributed by atoms with E-state index in [4.69, 9.17) is 5.11 Å². The van der Waals surface area contributed by atoms with Crippen molar-refractivity contribution in [2.45, 2.75) is 18.2 Å². The second kappa shape index (κ2) is 7.96. The van der Waals surface area contributed by atoms with Crippen LogP contribution in [0.3, 0.4) is 0 Å². The average molecular weight is 283 g/mol. The number of thioether (sulfide) groups is 1. The summed E-state index contributed by atoms with van der Waals surface area (Å²) in [5, 5.41) is 11.8. The Labute approximate surface area is 116 Å². The fourth-order valence-electron chi connectivity index (χ4n) is 1.58. The van der Waals surface area contributed by atoms with Crippen LogP contribution in [0.4, 0.5) is 4.39 Å². The normalized spacial score (nSPS) is 14.3. The molecule has 1 aromatic rings. The fourth-order valence-corrected chi connectivity index (χ4v) is 2.20. The lowest BCUT2D eigenvalue weighted by atomic mass is 10.2. The standard InChI is InChI=1S/C14H18FNO2S/c1-10(13(9-17)19-2)16-14(18)8-7-11-5-3-4-6-12(11)15/h3-8,10,13,17H,9H2,1-2H3,(H,16,18)/b8-7+. The van der Waals surface area contributed by atoms with Crippen LogP contribution in [0.25, 0.3) is 6.08 Å². The summed E-state index contributed by atoms with van der Waals surface area (Å²) in [6.07, 6.45) is 4.60. The van der Waals surface area contributed by atoms with Gasteiger partial charge in [0.25, 0.3) is 0 Å². The lowest BCUT2D eigenvalue weighted by molar-refractivity contribution is -0.117. The van der Waals surface area contributed by atoms with Crippen LogP contribution in [-0.2, 0) is 4.79 Å². The molecule has 19 heavy (non-hydrogen) atoms. The van der Waals surface area contributed by atoms with Crippen LogP contribution < -0.4 is 5.32 Å². The van der Waals surface area contributed by atoms with E-state index >= 15 is 0 Å². The predicted octanol–water partition coefficient (Wildman–Crippen LogP) is 2.07. The molecular weight excluding hydrogens is 265 g/mol. The van der Waals surface area contributed by atoms with E-state index < -0.39 is 0 Å². The number of benzene rings is 1. The molecule has 1 aromatic carbocycles. The van der Waals surface area contributed by atoms with Gasteiger partial charge in [-0.1, -0.05) is 18.2 Å². The summed E-state index contributed by atoms with van der Waals surface area (Å²) in [4.78, 5) is 11.7. The largest absolute Gasteiger partial charge is 0.395 e. The summed E-state index contributed by atoms with van der Waals surface area (Å²) < 4.78 is 13.3. The maximum atomic E-state index is 13.3.